The van der Waals surface area contributed by atoms with Crippen LogP contribution in [0.4, 0.5) is 0 Å². The Balaban J connectivity index is 0.00000320. The van der Waals surface area contributed by atoms with Gasteiger partial charge in [-0.2, -0.15) is 5.10 Å². The smallest absolute Gasteiger partial charge is 0.191 e. The highest BCUT2D eigenvalue weighted by Gasteiger charge is 2.25. The number of aliphatic imine (C=N–C) groups is 1. The zero-order valence-corrected chi connectivity index (χ0v) is 21.1. The lowest BCUT2D eigenvalue weighted by molar-refractivity contribution is 0.0177. The minimum atomic E-state index is 0. The summed E-state index contributed by atoms with van der Waals surface area (Å²) < 4.78 is 13.2. The molecule has 0 saturated heterocycles. The number of fused-ring (bicyclic) bond motifs is 1. The van der Waals surface area contributed by atoms with Crippen molar-refractivity contribution in [3.8, 4) is 0 Å². The fraction of sp³-hybridized carbons (Fsp3) is 0.857. The van der Waals surface area contributed by atoms with Crippen LogP contribution in [-0.2, 0) is 29.0 Å². The van der Waals surface area contributed by atoms with Gasteiger partial charge in [-0.1, -0.05) is 12.8 Å². The average Bonchev–Trinajstić information content (AvgIpc) is 3.37. The number of aryl methyl sites for hydroxylation is 1. The second-order valence-corrected chi connectivity index (χ2v) is 8.03. The van der Waals surface area contributed by atoms with E-state index in [0.717, 1.165) is 63.1 Å². The fourth-order valence-corrected chi connectivity index (χ4v) is 4.48. The van der Waals surface area contributed by atoms with Gasteiger partial charge in [0.1, 0.15) is 12.4 Å². The van der Waals surface area contributed by atoms with Gasteiger partial charge in [0.15, 0.2) is 11.8 Å². The minimum absolute atomic E-state index is 0. The summed E-state index contributed by atoms with van der Waals surface area (Å²) >= 11 is 0. The first-order valence-corrected chi connectivity index (χ1v) is 11.3. The van der Waals surface area contributed by atoms with Crippen molar-refractivity contribution in [1.82, 2.24) is 25.4 Å². The third-order valence-electron chi connectivity index (χ3n) is 5.85. The Morgan fingerprint density at radius 2 is 2.07 bits per heavy atom. The topological polar surface area (TPSA) is 85.6 Å². The monoisotopic (exact) mass is 534 g/mol. The number of nitrogens with zero attached hydrogens (tertiary/aromatic N) is 4. The van der Waals surface area contributed by atoms with E-state index in [9.17, 15) is 0 Å². The highest BCUT2D eigenvalue weighted by Crippen LogP contribution is 2.30. The van der Waals surface area contributed by atoms with E-state index in [1.54, 1.807) is 7.11 Å². The number of guanidine groups is 1. The molecule has 0 bridgehead atoms. The largest absolute Gasteiger partial charge is 0.378 e. The molecule has 0 amide bonds. The predicted molar refractivity (Wildman–Crippen MR) is 129 cm³/mol. The maximum atomic E-state index is 6.04. The molecule has 0 aromatic carbocycles. The second kappa shape index (κ2) is 13.5. The van der Waals surface area contributed by atoms with E-state index in [2.05, 4.69) is 34.6 Å². The van der Waals surface area contributed by atoms with Crippen molar-refractivity contribution < 1.29 is 9.47 Å². The Bertz CT molecular complexity index is 647. The first-order valence-electron chi connectivity index (χ1n) is 11.3. The van der Waals surface area contributed by atoms with Crippen LogP contribution in [-0.4, -0.2) is 59.7 Å². The summed E-state index contributed by atoms with van der Waals surface area (Å²) in [4.78, 5) is 9.39. The van der Waals surface area contributed by atoms with Gasteiger partial charge in [-0.25, -0.2) is 9.67 Å². The molecule has 1 aliphatic heterocycles. The van der Waals surface area contributed by atoms with Gasteiger partial charge >= 0.3 is 0 Å². The van der Waals surface area contributed by atoms with E-state index in [1.165, 1.54) is 25.7 Å². The molecule has 172 valence electrons. The number of rotatable bonds is 10. The SMILES string of the molecule is CCNC(=NCCC(OCC)C1CCCC1)NC1CCc2nc(COC)nn2C1.I. The number of halogens is 1. The Labute approximate surface area is 198 Å². The van der Waals surface area contributed by atoms with Crippen LogP contribution in [0.2, 0.25) is 0 Å². The van der Waals surface area contributed by atoms with Crippen molar-refractivity contribution in [1.29, 1.82) is 0 Å². The van der Waals surface area contributed by atoms with E-state index in [-0.39, 0.29) is 24.0 Å². The number of hydrogen-bond acceptors (Lipinski definition) is 5. The molecule has 2 atom stereocenters. The molecule has 1 aromatic rings. The lowest BCUT2D eigenvalue weighted by Gasteiger charge is -2.26. The molecule has 3 rings (SSSR count). The van der Waals surface area contributed by atoms with Crippen molar-refractivity contribution in [2.75, 3.05) is 26.8 Å². The number of methoxy groups -OCH3 is 1. The summed E-state index contributed by atoms with van der Waals surface area (Å²) in [6.07, 6.45) is 8.59. The van der Waals surface area contributed by atoms with E-state index in [0.29, 0.717) is 24.7 Å². The number of aromatic nitrogens is 3. The maximum Gasteiger partial charge on any atom is 0.191 e. The molecule has 0 radical (unpaired) electrons. The van der Waals surface area contributed by atoms with Crippen molar-refractivity contribution in [2.24, 2.45) is 10.9 Å². The van der Waals surface area contributed by atoms with Crippen LogP contribution in [0.5, 0.6) is 0 Å². The molecule has 30 heavy (non-hydrogen) atoms. The molecule has 1 saturated carbocycles. The van der Waals surface area contributed by atoms with E-state index < -0.39 is 0 Å². The van der Waals surface area contributed by atoms with Crippen LogP contribution >= 0.6 is 24.0 Å². The fourth-order valence-electron chi connectivity index (χ4n) is 4.48. The number of nitrogens with one attached hydrogen (secondary N) is 2. The van der Waals surface area contributed by atoms with Crippen molar-refractivity contribution in [2.45, 2.75) is 84.1 Å². The summed E-state index contributed by atoms with van der Waals surface area (Å²) in [5.74, 6) is 3.41. The Hall–Kier alpha value is -0.940. The molecule has 1 aromatic heterocycles. The second-order valence-electron chi connectivity index (χ2n) is 8.03. The van der Waals surface area contributed by atoms with Gasteiger partial charge in [-0.15, -0.1) is 24.0 Å². The lowest BCUT2D eigenvalue weighted by Crippen LogP contribution is -2.47. The van der Waals surface area contributed by atoms with Crippen molar-refractivity contribution in [3.05, 3.63) is 11.6 Å². The third-order valence-corrected chi connectivity index (χ3v) is 5.85. The molecule has 8 nitrogen and oxygen atoms in total. The molecule has 2 heterocycles. The van der Waals surface area contributed by atoms with Crippen molar-refractivity contribution >= 4 is 29.9 Å². The molecule has 1 aliphatic carbocycles. The zero-order chi connectivity index (χ0) is 20.5. The molecule has 0 spiro atoms. The number of hydrogen-bond donors (Lipinski definition) is 2. The summed E-state index contributed by atoms with van der Waals surface area (Å²) in [6.45, 7) is 7.89. The van der Waals surface area contributed by atoms with Crippen LogP contribution in [0.1, 0.15) is 64.0 Å². The number of ether oxygens (including phenoxy) is 2. The molecule has 2 unspecified atom stereocenters. The molecule has 2 N–H and O–H groups in total. The first-order chi connectivity index (χ1) is 14.2. The van der Waals surface area contributed by atoms with Gasteiger partial charge in [0.2, 0.25) is 0 Å². The van der Waals surface area contributed by atoms with E-state index in [4.69, 9.17) is 14.5 Å². The summed E-state index contributed by atoms with van der Waals surface area (Å²) in [6, 6.07) is 0.301. The normalized spacial score (nSPS) is 20.5. The Morgan fingerprint density at radius 3 is 2.77 bits per heavy atom. The Morgan fingerprint density at radius 1 is 1.27 bits per heavy atom. The molecule has 1 fully saturated rings. The van der Waals surface area contributed by atoms with Gasteiger partial charge in [-0.3, -0.25) is 4.99 Å². The zero-order valence-electron chi connectivity index (χ0n) is 18.7. The molecule has 9 heteroatoms. The van der Waals surface area contributed by atoms with Gasteiger partial charge in [0, 0.05) is 39.3 Å². The lowest BCUT2D eigenvalue weighted by atomic mass is 9.98. The van der Waals surface area contributed by atoms with Crippen LogP contribution in [0, 0.1) is 5.92 Å². The Kier molecular flexibility index (Phi) is 11.4. The molecular weight excluding hydrogens is 495 g/mol. The third kappa shape index (κ3) is 7.33. The summed E-state index contributed by atoms with van der Waals surface area (Å²) in [5.41, 5.74) is 0. The molecular formula is C21H39IN6O2. The van der Waals surface area contributed by atoms with Crippen LogP contribution in [0.25, 0.3) is 0 Å². The van der Waals surface area contributed by atoms with Gasteiger partial charge in [0.25, 0.3) is 0 Å². The van der Waals surface area contributed by atoms with Crippen molar-refractivity contribution in [3.63, 3.8) is 0 Å². The summed E-state index contributed by atoms with van der Waals surface area (Å²) in [5, 5.41) is 11.5. The van der Waals surface area contributed by atoms with Gasteiger partial charge in [0.05, 0.1) is 12.6 Å². The average molecular weight is 534 g/mol. The predicted octanol–water partition coefficient (Wildman–Crippen LogP) is 2.90. The van der Waals surface area contributed by atoms with Gasteiger partial charge < -0.3 is 20.1 Å². The highest BCUT2D eigenvalue weighted by molar-refractivity contribution is 14.0. The van der Waals surface area contributed by atoms with E-state index in [1.807, 2.05) is 4.68 Å². The maximum absolute atomic E-state index is 6.04. The molecule has 2 aliphatic rings. The van der Waals surface area contributed by atoms with E-state index >= 15 is 0 Å². The first kappa shape index (κ1) is 25.3. The highest BCUT2D eigenvalue weighted by atomic mass is 127. The van der Waals surface area contributed by atoms with Crippen LogP contribution in [0.3, 0.4) is 0 Å². The van der Waals surface area contributed by atoms with Crippen LogP contribution < -0.4 is 10.6 Å². The van der Waals surface area contributed by atoms with Crippen LogP contribution in [0.15, 0.2) is 4.99 Å². The summed E-state index contributed by atoms with van der Waals surface area (Å²) in [7, 11) is 1.67. The quantitative estimate of drug-likeness (QED) is 0.273. The van der Waals surface area contributed by atoms with Gasteiger partial charge in [-0.05, 0) is 45.4 Å². The standard InChI is InChI=1S/C21H38N6O2.HI/c1-4-22-21(23-13-12-18(29-5-2)16-8-6-7-9-16)24-17-10-11-20-25-19(15-28-3)26-27(20)14-17;/h16-18H,4-15H2,1-3H3,(H2,22,23,24);1H. The minimum Gasteiger partial charge on any atom is -0.378 e.